The van der Waals surface area contributed by atoms with Crippen molar-refractivity contribution in [3.8, 4) is 0 Å². The van der Waals surface area contributed by atoms with Crippen LogP contribution in [0.3, 0.4) is 0 Å². The zero-order chi connectivity index (χ0) is 14.9. The van der Waals surface area contributed by atoms with Gasteiger partial charge in [0.05, 0.1) is 15.7 Å². The van der Waals surface area contributed by atoms with Crippen LogP contribution in [0.1, 0.15) is 15.9 Å². The maximum absolute atomic E-state index is 13.3. The van der Waals surface area contributed by atoms with Gasteiger partial charge in [-0.2, -0.15) is 0 Å². The number of nitrogens with one attached hydrogen (secondary N) is 1. The van der Waals surface area contributed by atoms with Gasteiger partial charge in [-0.25, -0.2) is 4.39 Å². The van der Waals surface area contributed by atoms with Crippen molar-refractivity contribution < 1.29 is 9.18 Å². The van der Waals surface area contributed by atoms with E-state index >= 15 is 0 Å². The van der Waals surface area contributed by atoms with Crippen LogP contribution < -0.4 is 11.1 Å². The highest BCUT2D eigenvalue weighted by Crippen LogP contribution is 2.27. The van der Waals surface area contributed by atoms with Crippen molar-refractivity contribution in [3.05, 3.63) is 57.3 Å². The zero-order valence-electron chi connectivity index (χ0n) is 10.5. The molecule has 0 radical (unpaired) electrons. The topological polar surface area (TPSA) is 55.1 Å². The van der Waals surface area contributed by atoms with Crippen LogP contribution in [0.2, 0.25) is 10.0 Å². The molecule has 3 N–H and O–H groups in total. The predicted molar refractivity (Wildman–Crippen MR) is 80.0 cm³/mol. The second kappa shape index (κ2) is 5.69. The molecule has 1 amide bonds. The number of anilines is 2. The molecule has 104 valence electrons. The Morgan fingerprint density at radius 3 is 2.55 bits per heavy atom. The number of carbonyl (C=O) groups excluding carboxylic acids is 1. The Labute approximate surface area is 125 Å². The summed E-state index contributed by atoms with van der Waals surface area (Å²) in [5.41, 5.74) is 7.53. The lowest BCUT2D eigenvalue weighted by Gasteiger charge is -2.10. The van der Waals surface area contributed by atoms with E-state index in [-0.39, 0.29) is 10.6 Å². The van der Waals surface area contributed by atoms with Crippen LogP contribution in [0.4, 0.5) is 15.8 Å². The zero-order valence-corrected chi connectivity index (χ0v) is 12.0. The maximum atomic E-state index is 13.3. The van der Waals surface area contributed by atoms with Gasteiger partial charge in [-0.15, -0.1) is 0 Å². The molecular formula is C14H11Cl2FN2O. The summed E-state index contributed by atoms with van der Waals surface area (Å²) in [6.45, 7) is 1.78. The number of nitrogens with two attached hydrogens (primary N) is 1. The Kier molecular flexibility index (Phi) is 4.16. The van der Waals surface area contributed by atoms with Crippen LogP contribution in [-0.2, 0) is 0 Å². The fourth-order valence-electron chi connectivity index (χ4n) is 1.67. The van der Waals surface area contributed by atoms with Gasteiger partial charge in [0.15, 0.2) is 0 Å². The summed E-state index contributed by atoms with van der Waals surface area (Å²) in [4.78, 5) is 12.0. The molecule has 2 rings (SSSR count). The molecule has 0 heterocycles. The van der Waals surface area contributed by atoms with E-state index in [2.05, 4.69) is 5.32 Å². The first-order valence-electron chi connectivity index (χ1n) is 5.70. The van der Waals surface area contributed by atoms with E-state index in [1.54, 1.807) is 19.1 Å². The lowest BCUT2D eigenvalue weighted by Crippen LogP contribution is -2.13. The highest BCUT2D eigenvalue weighted by atomic mass is 35.5. The molecule has 0 atom stereocenters. The third kappa shape index (κ3) is 3.03. The van der Waals surface area contributed by atoms with Crippen molar-refractivity contribution in [1.29, 1.82) is 0 Å². The first kappa shape index (κ1) is 14.6. The van der Waals surface area contributed by atoms with E-state index in [1.807, 2.05) is 0 Å². The molecule has 0 spiro atoms. The van der Waals surface area contributed by atoms with Gasteiger partial charge < -0.3 is 11.1 Å². The number of aryl methyl sites for hydroxylation is 1. The Hall–Kier alpha value is -1.78. The van der Waals surface area contributed by atoms with Crippen molar-refractivity contribution in [2.45, 2.75) is 6.92 Å². The molecule has 0 aromatic heterocycles. The SMILES string of the molecule is Cc1cc(N)c(Cl)cc1NC(=O)c1ccc(Cl)c(F)c1. The summed E-state index contributed by atoms with van der Waals surface area (Å²) in [7, 11) is 0. The summed E-state index contributed by atoms with van der Waals surface area (Å²) in [6, 6.07) is 7.05. The Bertz CT molecular complexity index is 689. The lowest BCUT2D eigenvalue weighted by atomic mass is 10.1. The minimum atomic E-state index is -0.647. The number of rotatable bonds is 2. The molecule has 2 aromatic carbocycles. The van der Waals surface area contributed by atoms with Gasteiger partial charge in [0, 0.05) is 11.3 Å². The third-order valence-electron chi connectivity index (χ3n) is 2.77. The van der Waals surface area contributed by atoms with Gasteiger partial charge in [-0.05, 0) is 42.8 Å². The molecule has 0 fully saturated rings. The number of hydrogen-bond acceptors (Lipinski definition) is 2. The third-order valence-corrected chi connectivity index (χ3v) is 3.41. The first-order valence-corrected chi connectivity index (χ1v) is 6.46. The number of amides is 1. The molecule has 6 heteroatoms. The minimum absolute atomic E-state index is 0.0340. The second-order valence-electron chi connectivity index (χ2n) is 4.27. The van der Waals surface area contributed by atoms with Gasteiger partial charge in [0.25, 0.3) is 5.91 Å². The van der Waals surface area contributed by atoms with E-state index in [0.717, 1.165) is 11.6 Å². The highest BCUT2D eigenvalue weighted by Gasteiger charge is 2.11. The van der Waals surface area contributed by atoms with E-state index < -0.39 is 11.7 Å². The molecule has 0 aliphatic heterocycles. The average Bonchev–Trinajstić information content (AvgIpc) is 2.39. The van der Waals surface area contributed by atoms with Crippen LogP contribution in [-0.4, -0.2) is 5.91 Å². The average molecular weight is 313 g/mol. The van der Waals surface area contributed by atoms with Gasteiger partial charge in [0.2, 0.25) is 0 Å². The summed E-state index contributed by atoms with van der Waals surface area (Å²) in [5.74, 6) is -1.10. The quantitative estimate of drug-likeness (QED) is 0.813. The summed E-state index contributed by atoms with van der Waals surface area (Å²) in [5, 5.41) is 2.96. The monoisotopic (exact) mass is 312 g/mol. The van der Waals surface area contributed by atoms with Crippen LogP contribution >= 0.6 is 23.2 Å². The number of benzene rings is 2. The lowest BCUT2D eigenvalue weighted by molar-refractivity contribution is 0.102. The fourth-order valence-corrected chi connectivity index (χ4v) is 1.95. The Morgan fingerprint density at radius 1 is 1.20 bits per heavy atom. The molecule has 2 aromatic rings. The van der Waals surface area contributed by atoms with E-state index in [0.29, 0.717) is 16.4 Å². The number of hydrogen-bond donors (Lipinski definition) is 2. The highest BCUT2D eigenvalue weighted by molar-refractivity contribution is 6.33. The maximum Gasteiger partial charge on any atom is 0.255 e. The molecular weight excluding hydrogens is 302 g/mol. The number of halogens is 3. The minimum Gasteiger partial charge on any atom is -0.398 e. The summed E-state index contributed by atoms with van der Waals surface area (Å²) in [6.07, 6.45) is 0. The molecule has 0 unspecified atom stereocenters. The van der Waals surface area contributed by atoms with E-state index in [1.165, 1.54) is 12.1 Å². The molecule has 3 nitrogen and oxygen atoms in total. The first-order chi connectivity index (χ1) is 9.38. The normalized spacial score (nSPS) is 10.4. The van der Waals surface area contributed by atoms with Gasteiger partial charge in [-0.3, -0.25) is 4.79 Å². The predicted octanol–water partition coefficient (Wildman–Crippen LogP) is 4.28. The number of nitrogen functional groups attached to an aromatic ring is 1. The van der Waals surface area contributed by atoms with Crippen molar-refractivity contribution in [3.63, 3.8) is 0 Å². The van der Waals surface area contributed by atoms with Crippen molar-refractivity contribution in [1.82, 2.24) is 0 Å². The largest absolute Gasteiger partial charge is 0.398 e. The molecule has 20 heavy (non-hydrogen) atoms. The molecule has 0 saturated heterocycles. The van der Waals surface area contributed by atoms with Gasteiger partial charge in [0.1, 0.15) is 5.82 Å². The van der Waals surface area contributed by atoms with Crippen LogP contribution in [0.15, 0.2) is 30.3 Å². The van der Waals surface area contributed by atoms with Crippen molar-refractivity contribution in [2.24, 2.45) is 0 Å². The Balaban J connectivity index is 2.27. The van der Waals surface area contributed by atoms with Crippen LogP contribution in [0.5, 0.6) is 0 Å². The van der Waals surface area contributed by atoms with E-state index in [9.17, 15) is 9.18 Å². The van der Waals surface area contributed by atoms with E-state index in [4.69, 9.17) is 28.9 Å². The smallest absolute Gasteiger partial charge is 0.255 e. The molecule has 0 bridgehead atoms. The van der Waals surface area contributed by atoms with Crippen LogP contribution in [0, 0.1) is 12.7 Å². The fraction of sp³-hybridized carbons (Fsp3) is 0.0714. The van der Waals surface area contributed by atoms with Crippen LogP contribution in [0.25, 0.3) is 0 Å². The summed E-state index contributed by atoms with van der Waals surface area (Å²) >= 11 is 11.5. The van der Waals surface area contributed by atoms with Gasteiger partial charge in [-0.1, -0.05) is 23.2 Å². The Morgan fingerprint density at radius 2 is 1.90 bits per heavy atom. The second-order valence-corrected chi connectivity index (χ2v) is 5.09. The summed E-state index contributed by atoms with van der Waals surface area (Å²) < 4.78 is 13.3. The number of carbonyl (C=O) groups is 1. The van der Waals surface area contributed by atoms with Gasteiger partial charge >= 0.3 is 0 Å². The molecule has 0 saturated carbocycles. The molecule has 0 aliphatic rings. The van der Waals surface area contributed by atoms with Crippen molar-refractivity contribution >= 4 is 40.5 Å². The van der Waals surface area contributed by atoms with Crippen molar-refractivity contribution in [2.75, 3.05) is 11.1 Å². The standard InChI is InChI=1S/C14H11Cl2FN2O/c1-7-4-12(18)10(16)6-13(7)19-14(20)8-2-3-9(15)11(17)5-8/h2-6H,18H2,1H3,(H,19,20). The molecule has 0 aliphatic carbocycles.